The maximum absolute atomic E-state index is 11.2. The van der Waals surface area contributed by atoms with Crippen molar-refractivity contribution < 1.29 is 9.90 Å². The number of nitrogens with two attached hydrogens (primary N) is 1. The molecule has 0 bridgehead atoms. The molecule has 1 fully saturated rings. The van der Waals surface area contributed by atoms with Crippen LogP contribution in [0.2, 0.25) is 0 Å². The number of aryl methyl sites for hydroxylation is 1. The van der Waals surface area contributed by atoms with Gasteiger partial charge >= 0.3 is 5.97 Å². The molecule has 2 rings (SSSR count). The number of carbonyl (C=O) groups is 1. The van der Waals surface area contributed by atoms with Crippen molar-refractivity contribution in [1.82, 2.24) is 0 Å². The van der Waals surface area contributed by atoms with Gasteiger partial charge in [0.25, 0.3) is 0 Å². The summed E-state index contributed by atoms with van der Waals surface area (Å²) in [7, 11) is 0. The number of carboxylic acids is 1. The Balaban J connectivity index is 2.38. The van der Waals surface area contributed by atoms with Crippen LogP contribution in [0.3, 0.4) is 0 Å². The molecule has 4 nitrogen and oxygen atoms in total. The van der Waals surface area contributed by atoms with Crippen LogP contribution in [0.4, 0.5) is 11.4 Å². The van der Waals surface area contributed by atoms with E-state index in [1.807, 2.05) is 13.0 Å². The van der Waals surface area contributed by atoms with Crippen molar-refractivity contribution in [2.45, 2.75) is 20.8 Å². The molecule has 18 heavy (non-hydrogen) atoms. The largest absolute Gasteiger partial charge is 0.478 e. The van der Waals surface area contributed by atoms with Crippen molar-refractivity contribution in [2.24, 2.45) is 11.8 Å². The lowest BCUT2D eigenvalue weighted by Gasteiger charge is -2.20. The first-order chi connectivity index (χ1) is 8.40. The van der Waals surface area contributed by atoms with Crippen molar-refractivity contribution in [2.75, 3.05) is 23.7 Å². The van der Waals surface area contributed by atoms with E-state index < -0.39 is 5.97 Å². The molecule has 2 atom stereocenters. The number of nitrogens with zero attached hydrogens (tertiary/aromatic N) is 1. The lowest BCUT2D eigenvalue weighted by molar-refractivity contribution is 0.0698. The summed E-state index contributed by atoms with van der Waals surface area (Å²) in [5, 5.41) is 9.16. The van der Waals surface area contributed by atoms with Gasteiger partial charge in [-0.05, 0) is 36.5 Å². The van der Waals surface area contributed by atoms with Gasteiger partial charge in [0.05, 0.1) is 5.56 Å². The molecule has 1 aliphatic heterocycles. The van der Waals surface area contributed by atoms with E-state index in [2.05, 4.69) is 18.7 Å². The number of carboxylic acid groups (broad SMARTS) is 1. The van der Waals surface area contributed by atoms with E-state index >= 15 is 0 Å². The van der Waals surface area contributed by atoms with Gasteiger partial charge in [-0.2, -0.15) is 0 Å². The van der Waals surface area contributed by atoms with Crippen molar-refractivity contribution in [3.63, 3.8) is 0 Å². The van der Waals surface area contributed by atoms with Crippen LogP contribution in [-0.4, -0.2) is 24.2 Å². The van der Waals surface area contributed by atoms with E-state index in [9.17, 15) is 4.79 Å². The summed E-state index contributed by atoms with van der Waals surface area (Å²) < 4.78 is 0. The van der Waals surface area contributed by atoms with Gasteiger partial charge in [-0.3, -0.25) is 0 Å². The second-order valence-electron chi connectivity index (χ2n) is 5.39. The van der Waals surface area contributed by atoms with Gasteiger partial charge in [0.1, 0.15) is 0 Å². The van der Waals surface area contributed by atoms with Gasteiger partial charge in [-0.15, -0.1) is 0 Å². The first kappa shape index (κ1) is 12.7. The molecule has 1 saturated heterocycles. The van der Waals surface area contributed by atoms with Crippen molar-refractivity contribution >= 4 is 17.3 Å². The normalized spacial score (nSPS) is 23.4. The number of anilines is 2. The lowest BCUT2D eigenvalue weighted by Crippen LogP contribution is -2.20. The van der Waals surface area contributed by atoms with Gasteiger partial charge in [0.2, 0.25) is 0 Å². The predicted octanol–water partition coefficient (Wildman–Crippen LogP) is 2.37. The van der Waals surface area contributed by atoms with Crippen LogP contribution in [0.1, 0.15) is 29.8 Å². The highest BCUT2D eigenvalue weighted by atomic mass is 16.4. The van der Waals surface area contributed by atoms with Crippen molar-refractivity contribution in [3.05, 3.63) is 23.3 Å². The number of benzene rings is 1. The molecule has 0 spiro atoms. The van der Waals surface area contributed by atoms with E-state index in [-0.39, 0.29) is 5.56 Å². The van der Waals surface area contributed by atoms with E-state index in [1.165, 1.54) is 0 Å². The first-order valence-electron chi connectivity index (χ1n) is 6.28. The molecule has 1 heterocycles. The van der Waals surface area contributed by atoms with Crippen LogP contribution in [0.25, 0.3) is 0 Å². The molecule has 0 saturated carbocycles. The highest BCUT2D eigenvalue weighted by Crippen LogP contribution is 2.31. The summed E-state index contributed by atoms with van der Waals surface area (Å²) in [4.78, 5) is 13.4. The third-order valence-corrected chi connectivity index (χ3v) is 3.96. The Kier molecular flexibility index (Phi) is 3.20. The number of rotatable bonds is 2. The summed E-state index contributed by atoms with van der Waals surface area (Å²) in [6.45, 7) is 8.27. The molecule has 4 heteroatoms. The van der Waals surface area contributed by atoms with Gasteiger partial charge in [-0.25, -0.2) is 4.79 Å². The van der Waals surface area contributed by atoms with E-state index in [1.54, 1.807) is 6.07 Å². The summed E-state index contributed by atoms with van der Waals surface area (Å²) >= 11 is 0. The lowest BCUT2D eigenvalue weighted by atomic mass is 10.0. The average Bonchev–Trinajstić information content (AvgIpc) is 2.62. The van der Waals surface area contributed by atoms with Crippen LogP contribution in [0.15, 0.2) is 12.1 Å². The molecule has 1 aliphatic rings. The fraction of sp³-hybridized carbons (Fsp3) is 0.500. The molecular formula is C14H20N2O2. The Morgan fingerprint density at radius 2 is 1.89 bits per heavy atom. The topological polar surface area (TPSA) is 66.6 Å². The Labute approximate surface area is 107 Å². The van der Waals surface area contributed by atoms with Gasteiger partial charge < -0.3 is 15.7 Å². The summed E-state index contributed by atoms with van der Waals surface area (Å²) in [6.07, 6.45) is 0. The number of nitrogen functional groups attached to an aromatic ring is 1. The van der Waals surface area contributed by atoms with Gasteiger partial charge in [0.15, 0.2) is 0 Å². The van der Waals surface area contributed by atoms with Crippen LogP contribution < -0.4 is 10.6 Å². The number of hydrogen-bond donors (Lipinski definition) is 2. The second-order valence-corrected chi connectivity index (χ2v) is 5.39. The van der Waals surface area contributed by atoms with Crippen molar-refractivity contribution in [1.29, 1.82) is 0 Å². The molecular weight excluding hydrogens is 228 g/mol. The molecule has 1 aromatic carbocycles. The van der Waals surface area contributed by atoms with E-state index in [4.69, 9.17) is 10.8 Å². The quantitative estimate of drug-likeness (QED) is 0.788. The fourth-order valence-corrected chi connectivity index (χ4v) is 2.48. The Hall–Kier alpha value is -1.71. The Bertz CT molecular complexity index is 475. The van der Waals surface area contributed by atoms with Crippen LogP contribution in [-0.2, 0) is 0 Å². The zero-order valence-corrected chi connectivity index (χ0v) is 11.1. The third-order valence-electron chi connectivity index (χ3n) is 3.96. The second kappa shape index (κ2) is 4.52. The molecule has 1 aromatic rings. The number of hydrogen-bond acceptors (Lipinski definition) is 3. The first-order valence-corrected chi connectivity index (χ1v) is 6.28. The number of aromatic carboxylic acids is 1. The average molecular weight is 248 g/mol. The summed E-state index contributed by atoms with van der Waals surface area (Å²) in [6, 6.07) is 3.67. The molecule has 0 aliphatic carbocycles. The van der Waals surface area contributed by atoms with Gasteiger partial charge in [0, 0.05) is 24.5 Å². The molecule has 0 amide bonds. The zero-order valence-electron chi connectivity index (χ0n) is 11.1. The van der Waals surface area contributed by atoms with E-state index in [0.29, 0.717) is 17.5 Å². The smallest absolute Gasteiger partial charge is 0.337 e. The molecule has 0 radical (unpaired) electrons. The highest BCUT2D eigenvalue weighted by Gasteiger charge is 2.27. The molecule has 2 unspecified atom stereocenters. The monoisotopic (exact) mass is 248 g/mol. The highest BCUT2D eigenvalue weighted by molar-refractivity contribution is 5.95. The Morgan fingerprint density at radius 1 is 1.33 bits per heavy atom. The minimum Gasteiger partial charge on any atom is -0.478 e. The zero-order chi connectivity index (χ0) is 13.4. The van der Waals surface area contributed by atoms with E-state index in [0.717, 1.165) is 24.3 Å². The van der Waals surface area contributed by atoms with Crippen molar-refractivity contribution in [3.8, 4) is 0 Å². The maximum atomic E-state index is 11.2. The fourth-order valence-electron chi connectivity index (χ4n) is 2.48. The Morgan fingerprint density at radius 3 is 2.39 bits per heavy atom. The summed E-state index contributed by atoms with van der Waals surface area (Å²) in [5.41, 5.74) is 8.18. The van der Waals surface area contributed by atoms with Gasteiger partial charge in [-0.1, -0.05) is 13.8 Å². The minimum atomic E-state index is -0.960. The summed E-state index contributed by atoms with van der Waals surface area (Å²) in [5.74, 6) is 0.310. The van der Waals surface area contributed by atoms with Crippen LogP contribution in [0, 0.1) is 18.8 Å². The minimum absolute atomic E-state index is 0.206. The SMILES string of the molecule is Cc1cc(N2CC(C)C(C)C2)cc(C(=O)O)c1N. The third kappa shape index (κ3) is 2.15. The van der Waals surface area contributed by atoms with Crippen LogP contribution >= 0.6 is 0 Å². The maximum Gasteiger partial charge on any atom is 0.337 e. The standard InChI is InChI=1S/C14H20N2O2/c1-8-4-11(5-12(13(8)15)14(17)18)16-6-9(2)10(3)7-16/h4-5,9-10H,6-7,15H2,1-3H3,(H,17,18). The predicted molar refractivity (Wildman–Crippen MR) is 73.1 cm³/mol. The molecule has 3 N–H and O–H groups in total. The van der Waals surface area contributed by atoms with Crippen LogP contribution in [0.5, 0.6) is 0 Å². The molecule has 0 aromatic heterocycles. The molecule has 98 valence electrons.